The summed E-state index contributed by atoms with van der Waals surface area (Å²) in [7, 11) is 1.84. The van der Waals surface area contributed by atoms with Gasteiger partial charge in [-0.25, -0.2) is 9.50 Å². The number of carbonyl (C=O) groups is 1. The third kappa shape index (κ3) is 2.41. The maximum absolute atomic E-state index is 12.5. The van der Waals surface area contributed by atoms with Gasteiger partial charge in [0.1, 0.15) is 5.82 Å². The summed E-state index contributed by atoms with van der Waals surface area (Å²) < 4.78 is 3.55. The molecule has 0 fully saturated rings. The van der Waals surface area contributed by atoms with Crippen molar-refractivity contribution in [2.24, 2.45) is 7.05 Å². The number of aromatic nitrogens is 6. The molecule has 8 heteroatoms. The molecule has 0 spiro atoms. The van der Waals surface area contributed by atoms with E-state index in [1.54, 1.807) is 17.1 Å². The first-order valence-electron chi connectivity index (χ1n) is 9.12. The number of rotatable bonds is 2. The zero-order valence-electron chi connectivity index (χ0n) is 15.8. The van der Waals surface area contributed by atoms with Crippen LogP contribution in [0.15, 0.2) is 36.8 Å². The standard InChI is InChI=1S/C20H19N7O/c1-11-7-12(2)27-19(23-11)15(10-22-27)14-8-16(28)24-20-17(14)18(25-26(20)3)13-5-4-6-21-9-13/h4-7,9-10,14H,8H2,1-3H3,(H,24,28)/t14-/m0/s1. The number of carbonyl (C=O) groups excluding carboxylic acids is 1. The second kappa shape index (κ2) is 5.98. The Hall–Kier alpha value is -3.55. The van der Waals surface area contributed by atoms with Gasteiger partial charge in [0.25, 0.3) is 0 Å². The predicted molar refractivity (Wildman–Crippen MR) is 104 cm³/mol. The van der Waals surface area contributed by atoms with Crippen molar-refractivity contribution in [1.29, 1.82) is 0 Å². The Bertz CT molecular complexity index is 1220. The summed E-state index contributed by atoms with van der Waals surface area (Å²) in [4.78, 5) is 21.4. The molecule has 1 aliphatic rings. The summed E-state index contributed by atoms with van der Waals surface area (Å²) in [5.41, 5.74) is 6.35. The van der Waals surface area contributed by atoms with Crippen molar-refractivity contribution in [3.63, 3.8) is 0 Å². The van der Waals surface area contributed by atoms with Crippen LogP contribution in [0.4, 0.5) is 5.82 Å². The summed E-state index contributed by atoms with van der Waals surface area (Å²) in [6.07, 6.45) is 5.67. The van der Waals surface area contributed by atoms with Crippen LogP contribution >= 0.6 is 0 Å². The molecule has 4 aromatic rings. The third-order valence-corrected chi connectivity index (χ3v) is 5.20. The Labute approximate surface area is 161 Å². The summed E-state index contributed by atoms with van der Waals surface area (Å²) in [5, 5.41) is 12.2. The number of nitrogens with zero attached hydrogens (tertiary/aromatic N) is 6. The van der Waals surface area contributed by atoms with Crippen LogP contribution in [0, 0.1) is 13.8 Å². The lowest BCUT2D eigenvalue weighted by molar-refractivity contribution is -0.116. The molecule has 8 nitrogen and oxygen atoms in total. The van der Waals surface area contributed by atoms with Crippen LogP contribution in [0.3, 0.4) is 0 Å². The van der Waals surface area contributed by atoms with E-state index in [-0.39, 0.29) is 11.8 Å². The van der Waals surface area contributed by atoms with E-state index in [0.717, 1.165) is 39.4 Å². The number of hydrogen-bond acceptors (Lipinski definition) is 5. The van der Waals surface area contributed by atoms with Crippen molar-refractivity contribution < 1.29 is 4.79 Å². The van der Waals surface area contributed by atoms with E-state index >= 15 is 0 Å². The Kier molecular flexibility index (Phi) is 3.55. The van der Waals surface area contributed by atoms with Crippen LogP contribution in [-0.4, -0.2) is 35.3 Å². The number of fused-ring (bicyclic) bond motifs is 2. The second-order valence-corrected chi connectivity index (χ2v) is 7.16. The molecule has 0 radical (unpaired) electrons. The van der Waals surface area contributed by atoms with E-state index in [9.17, 15) is 4.79 Å². The van der Waals surface area contributed by atoms with Crippen LogP contribution in [0.25, 0.3) is 16.9 Å². The molecule has 0 bridgehead atoms. The van der Waals surface area contributed by atoms with Crippen molar-refractivity contribution in [1.82, 2.24) is 29.4 Å². The fourth-order valence-corrected chi connectivity index (χ4v) is 4.00. The zero-order chi connectivity index (χ0) is 19.4. The highest BCUT2D eigenvalue weighted by Gasteiger charge is 2.35. The normalized spacial score (nSPS) is 16.2. The fraction of sp³-hybridized carbons (Fsp3) is 0.250. The molecule has 0 saturated carbocycles. The van der Waals surface area contributed by atoms with Gasteiger partial charge in [0.15, 0.2) is 5.65 Å². The van der Waals surface area contributed by atoms with Gasteiger partial charge in [-0.3, -0.25) is 14.5 Å². The van der Waals surface area contributed by atoms with E-state index in [1.165, 1.54) is 0 Å². The lowest BCUT2D eigenvalue weighted by Crippen LogP contribution is -2.24. The summed E-state index contributed by atoms with van der Waals surface area (Å²) >= 11 is 0. The molecule has 0 aromatic carbocycles. The van der Waals surface area contributed by atoms with E-state index in [2.05, 4.69) is 20.5 Å². The van der Waals surface area contributed by atoms with Gasteiger partial charge in [-0.1, -0.05) is 0 Å². The molecule has 28 heavy (non-hydrogen) atoms. The van der Waals surface area contributed by atoms with E-state index in [4.69, 9.17) is 4.98 Å². The summed E-state index contributed by atoms with van der Waals surface area (Å²) in [6.45, 7) is 3.97. The third-order valence-electron chi connectivity index (χ3n) is 5.20. The van der Waals surface area contributed by atoms with Gasteiger partial charge in [0, 0.05) is 59.9 Å². The van der Waals surface area contributed by atoms with E-state index < -0.39 is 0 Å². The van der Waals surface area contributed by atoms with Crippen molar-refractivity contribution >= 4 is 17.4 Å². The van der Waals surface area contributed by atoms with Crippen molar-refractivity contribution in [2.45, 2.75) is 26.2 Å². The number of anilines is 1. The van der Waals surface area contributed by atoms with Crippen molar-refractivity contribution in [3.05, 3.63) is 59.3 Å². The van der Waals surface area contributed by atoms with Gasteiger partial charge in [-0.05, 0) is 32.0 Å². The Morgan fingerprint density at radius 2 is 2.11 bits per heavy atom. The maximum Gasteiger partial charge on any atom is 0.226 e. The highest BCUT2D eigenvalue weighted by molar-refractivity contribution is 5.96. The Morgan fingerprint density at radius 1 is 1.25 bits per heavy atom. The smallest absolute Gasteiger partial charge is 0.226 e. The van der Waals surface area contributed by atoms with Crippen LogP contribution in [0.2, 0.25) is 0 Å². The minimum Gasteiger partial charge on any atom is -0.311 e. The molecule has 0 aliphatic carbocycles. The van der Waals surface area contributed by atoms with Gasteiger partial charge >= 0.3 is 0 Å². The first kappa shape index (κ1) is 16.6. The van der Waals surface area contributed by atoms with Crippen LogP contribution in [-0.2, 0) is 11.8 Å². The number of nitrogens with one attached hydrogen (secondary N) is 1. The lowest BCUT2D eigenvalue weighted by atomic mass is 9.85. The zero-order valence-corrected chi connectivity index (χ0v) is 15.8. The molecule has 5 rings (SSSR count). The molecule has 1 aliphatic heterocycles. The minimum atomic E-state index is -0.182. The Morgan fingerprint density at radius 3 is 2.89 bits per heavy atom. The van der Waals surface area contributed by atoms with Gasteiger partial charge < -0.3 is 5.32 Å². The number of pyridine rings is 1. The van der Waals surface area contributed by atoms with Gasteiger partial charge in [-0.15, -0.1) is 0 Å². The molecular formula is C20H19N7O. The highest BCUT2D eigenvalue weighted by Crippen LogP contribution is 2.43. The maximum atomic E-state index is 12.5. The molecule has 0 saturated heterocycles. The predicted octanol–water partition coefficient (Wildman–Crippen LogP) is 2.62. The average Bonchev–Trinajstić information content (AvgIpc) is 3.24. The van der Waals surface area contributed by atoms with E-state index in [0.29, 0.717) is 12.2 Å². The van der Waals surface area contributed by atoms with Crippen molar-refractivity contribution in [2.75, 3.05) is 5.32 Å². The number of amides is 1. The summed E-state index contributed by atoms with van der Waals surface area (Å²) in [5.74, 6) is 0.490. The van der Waals surface area contributed by atoms with Gasteiger partial charge in [0.05, 0.1) is 11.9 Å². The molecule has 1 amide bonds. The van der Waals surface area contributed by atoms with Crippen molar-refractivity contribution in [3.8, 4) is 11.3 Å². The summed E-state index contributed by atoms with van der Waals surface area (Å²) in [6, 6.07) is 5.86. The van der Waals surface area contributed by atoms with Gasteiger partial charge in [0.2, 0.25) is 5.91 Å². The highest BCUT2D eigenvalue weighted by atomic mass is 16.1. The van der Waals surface area contributed by atoms with Gasteiger partial charge in [-0.2, -0.15) is 10.2 Å². The number of aryl methyl sites for hydroxylation is 3. The molecule has 4 aromatic heterocycles. The van der Waals surface area contributed by atoms with E-state index in [1.807, 2.05) is 49.8 Å². The molecule has 1 N–H and O–H groups in total. The van der Waals surface area contributed by atoms with Crippen LogP contribution in [0.5, 0.6) is 0 Å². The average molecular weight is 373 g/mol. The van der Waals surface area contributed by atoms with Crippen LogP contribution in [0.1, 0.15) is 34.9 Å². The molecule has 5 heterocycles. The monoisotopic (exact) mass is 373 g/mol. The Balaban J connectivity index is 1.77. The SMILES string of the molecule is Cc1cc(C)n2ncc([C@@H]3CC(=O)Nc4c3c(-c3cccnc3)nn4C)c2n1. The first-order chi connectivity index (χ1) is 13.5. The minimum absolute atomic E-state index is 0.0399. The second-order valence-electron chi connectivity index (χ2n) is 7.16. The topological polar surface area (TPSA) is 90.0 Å². The lowest BCUT2D eigenvalue weighted by Gasteiger charge is -2.23. The number of hydrogen-bond donors (Lipinski definition) is 1. The molecule has 140 valence electrons. The fourth-order valence-electron chi connectivity index (χ4n) is 4.00. The quantitative estimate of drug-likeness (QED) is 0.583. The first-order valence-corrected chi connectivity index (χ1v) is 9.12. The molecule has 1 atom stereocenters. The van der Waals surface area contributed by atoms with Crippen LogP contribution < -0.4 is 5.32 Å². The molecular weight excluding hydrogens is 354 g/mol. The molecule has 0 unspecified atom stereocenters. The largest absolute Gasteiger partial charge is 0.311 e.